The third kappa shape index (κ3) is 3.37. The van der Waals surface area contributed by atoms with Crippen LogP contribution in [-0.4, -0.2) is 28.7 Å². The number of imidazole rings is 1. The Morgan fingerprint density at radius 3 is 3.19 bits per heavy atom. The summed E-state index contributed by atoms with van der Waals surface area (Å²) in [4.78, 5) is 15.2. The van der Waals surface area contributed by atoms with Gasteiger partial charge >= 0.3 is 5.97 Å². The maximum atomic E-state index is 11.1. The molecule has 0 aliphatic heterocycles. The molecule has 0 spiro atoms. The molecule has 1 rings (SSSR count). The standard InChI is InChI=1S/C10H14N4O2/c1-16-10(15)9(12)5-8-6-14(7-13-8)4-2-3-11/h6-7,9H,2,4-5,12H2,1H3. The van der Waals surface area contributed by atoms with E-state index in [0.717, 1.165) is 5.69 Å². The maximum Gasteiger partial charge on any atom is 0.323 e. The number of nitrogens with zero attached hydrogens (tertiary/aromatic N) is 3. The number of ether oxygens (including phenoxy) is 1. The molecule has 0 aromatic carbocycles. The van der Waals surface area contributed by atoms with Gasteiger partial charge in [-0.2, -0.15) is 5.26 Å². The lowest BCUT2D eigenvalue weighted by Gasteiger charge is -2.06. The Morgan fingerprint density at radius 1 is 1.81 bits per heavy atom. The normalized spacial score (nSPS) is 11.8. The van der Waals surface area contributed by atoms with Crippen molar-refractivity contribution in [1.82, 2.24) is 9.55 Å². The number of nitrogens with two attached hydrogens (primary N) is 1. The van der Waals surface area contributed by atoms with Crippen molar-refractivity contribution in [3.63, 3.8) is 0 Å². The number of carbonyl (C=O) groups excluding carboxylic acids is 1. The van der Waals surface area contributed by atoms with Gasteiger partial charge in [-0.1, -0.05) is 0 Å². The minimum atomic E-state index is -0.690. The van der Waals surface area contributed by atoms with E-state index in [0.29, 0.717) is 19.4 Å². The first-order valence-corrected chi connectivity index (χ1v) is 4.88. The molecule has 0 fully saturated rings. The number of hydrogen-bond donors (Lipinski definition) is 1. The molecule has 6 heteroatoms. The fourth-order valence-electron chi connectivity index (χ4n) is 1.27. The number of aromatic nitrogens is 2. The molecule has 0 radical (unpaired) electrons. The van der Waals surface area contributed by atoms with Crippen LogP contribution < -0.4 is 5.73 Å². The van der Waals surface area contributed by atoms with Crippen molar-refractivity contribution in [2.45, 2.75) is 25.4 Å². The average Bonchev–Trinajstić information content (AvgIpc) is 2.72. The highest BCUT2D eigenvalue weighted by Crippen LogP contribution is 2.01. The molecule has 86 valence electrons. The quantitative estimate of drug-likeness (QED) is 0.698. The predicted octanol–water partition coefficient (Wildman–Crippen LogP) is -0.160. The summed E-state index contributed by atoms with van der Waals surface area (Å²) in [6, 6.07) is 1.36. The number of methoxy groups -OCH3 is 1. The van der Waals surface area contributed by atoms with Crippen LogP contribution in [0, 0.1) is 11.3 Å². The van der Waals surface area contributed by atoms with Crippen molar-refractivity contribution in [3.8, 4) is 6.07 Å². The molecule has 0 saturated heterocycles. The number of carbonyl (C=O) groups is 1. The molecule has 16 heavy (non-hydrogen) atoms. The first-order valence-electron chi connectivity index (χ1n) is 4.88. The van der Waals surface area contributed by atoms with Crippen molar-refractivity contribution in [2.24, 2.45) is 5.73 Å². The summed E-state index contributed by atoms with van der Waals surface area (Å²) in [6.07, 6.45) is 4.17. The van der Waals surface area contributed by atoms with E-state index in [9.17, 15) is 4.79 Å². The molecule has 1 aromatic heterocycles. The second-order valence-electron chi connectivity index (χ2n) is 3.34. The van der Waals surface area contributed by atoms with Gasteiger partial charge in [0.2, 0.25) is 0 Å². The zero-order valence-electron chi connectivity index (χ0n) is 9.09. The van der Waals surface area contributed by atoms with E-state index >= 15 is 0 Å². The van der Waals surface area contributed by atoms with E-state index < -0.39 is 12.0 Å². The number of hydrogen-bond acceptors (Lipinski definition) is 5. The second-order valence-corrected chi connectivity index (χ2v) is 3.34. The van der Waals surface area contributed by atoms with E-state index in [4.69, 9.17) is 11.0 Å². The summed E-state index contributed by atoms with van der Waals surface area (Å²) in [5.74, 6) is -0.452. The van der Waals surface area contributed by atoms with Gasteiger partial charge in [0.15, 0.2) is 0 Å². The predicted molar refractivity (Wildman–Crippen MR) is 56.2 cm³/mol. The molecule has 0 aliphatic rings. The Morgan fingerprint density at radius 2 is 2.56 bits per heavy atom. The zero-order valence-corrected chi connectivity index (χ0v) is 9.09. The number of esters is 1. The Bertz CT molecular complexity index is 394. The van der Waals surface area contributed by atoms with Gasteiger partial charge < -0.3 is 15.0 Å². The summed E-state index contributed by atoms with van der Waals surface area (Å²) in [5.41, 5.74) is 6.31. The lowest BCUT2D eigenvalue weighted by molar-refractivity contribution is -0.142. The Hall–Kier alpha value is -1.87. The van der Waals surface area contributed by atoms with Gasteiger partial charge in [-0.25, -0.2) is 4.98 Å². The first-order chi connectivity index (χ1) is 7.67. The lowest BCUT2D eigenvalue weighted by atomic mass is 10.2. The average molecular weight is 222 g/mol. The molecule has 1 unspecified atom stereocenters. The van der Waals surface area contributed by atoms with Gasteiger partial charge in [0, 0.05) is 19.2 Å². The van der Waals surface area contributed by atoms with Crippen LogP contribution in [0.15, 0.2) is 12.5 Å². The third-order valence-electron chi connectivity index (χ3n) is 2.10. The lowest BCUT2D eigenvalue weighted by Crippen LogP contribution is -2.33. The molecule has 6 nitrogen and oxygen atoms in total. The third-order valence-corrected chi connectivity index (χ3v) is 2.10. The molecule has 0 saturated carbocycles. The van der Waals surface area contributed by atoms with Crippen molar-refractivity contribution >= 4 is 5.97 Å². The highest BCUT2D eigenvalue weighted by atomic mass is 16.5. The van der Waals surface area contributed by atoms with Crippen molar-refractivity contribution < 1.29 is 9.53 Å². The molecule has 0 amide bonds. The van der Waals surface area contributed by atoms with E-state index in [1.54, 1.807) is 17.1 Å². The van der Waals surface area contributed by atoms with Crippen LogP contribution >= 0.6 is 0 Å². The van der Waals surface area contributed by atoms with Gasteiger partial charge in [-0.3, -0.25) is 4.79 Å². The fourth-order valence-corrected chi connectivity index (χ4v) is 1.27. The second kappa shape index (κ2) is 5.88. The Labute approximate surface area is 93.6 Å². The summed E-state index contributed by atoms with van der Waals surface area (Å²) in [7, 11) is 1.30. The van der Waals surface area contributed by atoms with Crippen LogP contribution in [0.2, 0.25) is 0 Å². The minimum absolute atomic E-state index is 0.340. The molecule has 1 aromatic rings. The topological polar surface area (TPSA) is 93.9 Å². The van der Waals surface area contributed by atoms with Gasteiger partial charge in [-0.05, 0) is 0 Å². The van der Waals surface area contributed by atoms with Gasteiger partial charge in [-0.15, -0.1) is 0 Å². The van der Waals surface area contributed by atoms with Crippen molar-refractivity contribution in [1.29, 1.82) is 5.26 Å². The van der Waals surface area contributed by atoms with E-state index in [1.807, 2.05) is 6.07 Å². The molecule has 0 aliphatic carbocycles. The number of rotatable bonds is 5. The minimum Gasteiger partial charge on any atom is -0.468 e. The van der Waals surface area contributed by atoms with Crippen molar-refractivity contribution in [2.75, 3.05) is 7.11 Å². The van der Waals surface area contributed by atoms with Crippen LogP contribution in [0.3, 0.4) is 0 Å². The smallest absolute Gasteiger partial charge is 0.323 e. The first kappa shape index (κ1) is 12.2. The Kier molecular flexibility index (Phi) is 4.48. The molecule has 2 N–H and O–H groups in total. The number of nitriles is 1. The van der Waals surface area contributed by atoms with Gasteiger partial charge in [0.05, 0.1) is 31.6 Å². The van der Waals surface area contributed by atoms with E-state index in [1.165, 1.54) is 7.11 Å². The molecular formula is C10H14N4O2. The van der Waals surface area contributed by atoms with Crippen LogP contribution in [0.4, 0.5) is 0 Å². The van der Waals surface area contributed by atoms with Crippen LogP contribution in [0.25, 0.3) is 0 Å². The maximum absolute atomic E-state index is 11.1. The van der Waals surface area contributed by atoms with Crippen LogP contribution in [-0.2, 0) is 22.5 Å². The van der Waals surface area contributed by atoms with Crippen LogP contribution in [0.1, 0.15) is 12.1 Å². The fraction of sp³-hybridized carbons (Fsp3) is 0.500. The summed E-state index contributed by atoms with van der Waals surface area (Å²) in [5, 5.41) is 8.42. The summed E-state index contributed by atoms with van der Waals surface area (Å²) < 4.78 is 6.31. The largest absolute Gasteiger partial charge is 0.468 e. The van der Waals surface area contributed by atoms with E-state index in [-0.39, 0.29) is 0 Å². The Balaban J connectivity index is 2.52. The SMILES string of the molecule is COC(=O)C(N)Cc1cn(CCC#N)cn1. The molecular weight excluding hydrogens is 208 g/mol. The summed E-state index contributed by atoms with van der Waals surface area (Å²) in [6.45, 7) is 0.594. The van der Waals surface area contributed by atoms with Crippen molar-refractivity contribution in [3.05, 3.63) is 18.2 Å². The number of aryl methyl sites for hydroxylation is 1. The van der Waals surface area contributed by atoms with Gasteiger partial charge in [0.1, 0.15) is 6.04 Å². The molecule has 1 heterocycles. The monoisotopic (exact) mass is 222 g/mol. The summed E-state index contributed by atoms with van der Waals surface area (Å²) >= 11 is 0. The highest BCUT2D eigenvalue weighted by molar-refractivity contribution is 5.75. The van der Waals surface area contributed by atoms with Gasteiger partial charge in [0.25, 0.3) is 0 Å². The molecule has 0 bridgehead atoms. The zero-order chi connectivity index (χ0) is 12.0. The van der Waals surface area contributed by atoms with Crippen LogP contribution in [0.5, 0.6) is 0 Å². The van der Waals surface area contributed by atoms with E-state index in [2.05, 4.69) is 9.72 Å². The highest BCUT2D eigenvalue weighted by Gasteiger charge is 2.15. The molecule has 1 atom stereocenters.